The molecule has 1 spiro atoms. The second kappa shape index (κ2) is 5.72. The summed E-state index contributed by atoms with van der Waals surface area (Å²) in [7, 11) is 0. The minimum absolute atomic E-state index is 0.179. The monoisotopic (exact) mass is 361 g/mol. The van der Waals surface area contributed by atoms with Gasteiger partial charge in [-0.25, -0.2) is 0 Å². The molecule has 0 aromatic heterocycles. The molecule has 5 aliphatic carbocycles. The van der Waals surface area contributed by atoms with Gasteiger partial charge >= 0.3 is 5.97 Å². The second-order valence-corrected chi connectivity index (χ2v) is 11.3. The van der Waals surface area contributed by atoms with Crippen LogP contribution in [0.2, 0.25) is 0 Å². The van der Waals surface area contributed by atoms with Gasteiger partial charge in [-0.3, -0.25) is 4.79 Å². The first-order chi connectivity index (χ1) is 12.1. The molecule has 0 amide bonds. The van der Waals surface area contributed by atoms with Crippen LogP contribution in [0.5, 0.6) is 0 Å². The lowest BCUT2D eigenvalue weighted by Gasteiger charge is -2.72. The normalized spacial score (nSPS) is 53.2. The fourth-order valence-electron chi connectivity index (χ4n) is 8.85. The summed E-state index contributed by atoms with van der Waals surface area (Å²) in [6, 6.07) is 0. The molecule has 0 aromatic rings. The van der Waals surface area contributed by atoms with Crippen LogP contribution in [0.1, 0.15) is 85.5 Å². The van der Waals surface area contributed by atoms with E-state index < -0.39 is 11.4 Å². The van der Waals surface area contributed by atoms with Gasteiger partial charge in [0.2, 0.25) is 0 Å². The van der Waals surface area contributed by atoms with Gasteiger partial charge in [-0.2, -0.15) is 0 Å². The smallest absolute Gasteiger partial charge is 0.309 e. The standard InChI is InChI=1S/C23H39NO2/c1-15(2)22-10-11-23(16(12-22)14-24)9-6-17-20(3,18(23)13-22)7-5-8-21(17,4)19(25)26/h15-18H,5-14,24H2,1-4H3,(H,25,26)/t16-,17-,18+,20+,21-,22?,23?/m1/s1. The summed E-state index contributed by atoms with van der Waals surface area (Å²) in [6.07, 6.45) is 10.8. The number of nitrogens with two attached hydrogens (primary N) is 1. The van der Waals surface area contributed by atoms with Gasteiger partial charge in [0, 0.05) is 0 Å². The molecule has 0 aromatic carbocycles. The van der Waals surface area contributed by atoms with Crippen molar-refractivity contribution < 1.29 is 9.90 Å². The van der Waals surface area contributed by atoms with E-state index in [4.69, 9.17) is 5.73 Å². The fourth-order valence-corrected chi connectivity index (χ4v) is 8.85. The van der Waals surface area contributed by atoms with Gasteiger partial charge < -0.3 is 10.8 Å². The van der Waals surface area contributed by atoms with Crippen LogP contribution in [0.4, 0.5) is 0 Å². The Hall–Kier alpha value is -0.570. The minimum Gasteiger partial charge on any atom is -0.481 e. The van der Waals surface area contributed by atoms with Crippen LogP contribution in [-0.4, -0.2) is 17.6 Å². The van der Waals surface area contributed by atoms with Gasteiger partial charge in [-0.1, -0.05) is 27.2 Å². The van der Waals surface area contributed by atoms with Crippen LogP contribution in [0.3, 0.4) is 0 Å². The molecule has 2 bridgehead atoms. The molecule has 5 fully saturated rings. The highest BCUT2D eigenvalue weighted by atomic mass is 16.4. The van der Waals surface area contributed by atoms with E-state index in [0.717, 1.165) is 25.8 Å². The van der Waals surface area contributed by atoms with Crippen LogP contribution in [0.25, 0.3) is 0 Å². The van der Waals surface area contributed by atoms with Gasteiger partial charge in [-0.15, -0.1) is 0 Å². The van der Waals surface area contributed by atoms with E-state index >= 15 is 0 Å². The zero-order chi connectivity index (χ0) is 19.0. The predicted molar refractivity (Wildman–Crippen MR) is 105 cm³/mol. The lowest BCUT2D eigenvalue weighted by atomic mass is 9.32. The summed E-state index contributed by atoms with van der Waals surface area (Å²) >= 11 is 0. The molecule has 0 radical (unpaired) electrons. The predicted octanol–water partition coefficient (Wildman–Crippen LogP) is 5.09. The minimum atomic E-state index is -0.556. The molecule has 148 valence electrons. The van der Waals surface area contributed by atoms with Gasteiger partial charge in [-0.05, 0) is 105 Å². The Morgan fingerprint density at radius 3 is 2.42 bits per heavy atom. The molecule has 3 N–H and O–H groups in total. The third-order valence-electron chi connectivity index (χ3n) is 10.5. The van der Waals surface area contributed by atoms with Crippen molar-refractivity contribution in [1.82, 2.24) is 0 Å². The molecule has 5 rings (SSSR count). The third-order valence-corrected chi connectivity index (χ3v) is 10.5. The lowest BCUT2D eigenvalue weighted by Crippen LogP contribution is -2.66. The molecule has 3 heteroatoms. The maximum absolute atomic E-state index is 12.3. The van der Waals surface area contributed by atoms with Crippen molar-refractivity contribution >= 4 is 5.97 Å². The SMILES string of the molecule is CC(C)C12CCC3(CC[C@@H]4[C@](C)(CCC[C@@]4(C)C(=O)O)[C@@H]3C1)[C@@H](CN)C2. The Morgan fingerprint density at radius 1 is 1.08 bits per heavy atom. The molecule has 0 saturated heterocycles. The van der Waals surface area contributed by atoms with Crippen LogP contribution in [-0.2, 0) is 4.79 Å². The Morgan fingerprint density at radius 2 is 1.81 bits per heavy atom. The summed E-state index contributed by atoms with van der Waals surface area (Å²) in [5.41, 5.74) is 6.85. The average molecular weight is 362 g/mol. The molecule has 5 saturated carbocycles. The van der Waals surface area contributed by atoms with E-state index in [-0.39, 0.29) is 5.41 Å². The molecular formula is C23H39NO2. The van der Waals surface area contributed by atoms with Crippen LogP contribution >= 0.6 is 0 Å². The van der Waals surface area contributed by atoms with Crippen molar-refractivity contribution in [3.63, 3.8) is 0 Å². The van der Waals surface area contributed by atoms with Crippen molar-refractivity contribution in [3.05, 3.63) is 0 Å². The number of carboxylic acid groups (broad SMARTS) is 1. The Kier molecular flexibility index (Phi) is 4.13. The van der Waals surface area contributed by atoms with Gasteiger partial charge in [0.05, 0.1) is 5.41 Å². The molecule has 3 nitrogen and oxygen atoms in total. The van der Waals surface area contributed by atoms with Crippen LogP contribution in [0, 0.1) is 45.3 Å². The van der Waals surface area contributed by atoms with Crippen molar-refractivity contribution in [2.75, 3.05) is 6.54 Å². The maximum Gasteiger partial charge on any atom is 0.309 e. The van der Waals surface area contributed by atoms with Crippen molar-refractivity contribution in [1.29, 1.82) is 0 Å². The average Bonchev–Trinajstić information content (AvgIpc) is 2.61. The Labute approximate surface area is 159 Å². The van der Waals surface area contributed by atoms with Crippen molar-refractivity contribution in [2.24, 2.45) is 51.1 Å². The number of hydrogen-bond acceptors (Lipinski definition) is 2. The van der Waals surface area contributed by atoms with E-state index in [0.29, 0.717) is 34.5 Å². The van der Waals surface area contributed by atoms with Crippen molar-refractivity contribution in [2.45, 2.75) is 85.5 Å². The zero-order valence-corrected chi connectivity index (χ0v) is 17.3. The highest BCUT2D eigenvalue weighted by Crippen LogP contribution is 2.75. The Bertz CT molecular complexity index is 603. The molecule has 2 unspecified atom stereocenters. The second-order valence-electron chi connectivity index (χ2n) is 11.3. The van der Waals surface area contributed by atoms with Gasteiger partial charge in [0.1, 0.15) is 0 Å². The quantitative estimate of drug-likeness (QED) is 0.736. The molecular weight excluding hydrogens is 322 g/mol. The van der Waals surface area contributed by atoms with Gasteiger partial charge in [0.15, 0.2) is 0 Å². The number of fused-ring (bicyclic) bond motifs is 3. The highest BCUT2D eigenvalue weighted by Gasteiger charge is 2.69. The summed E-state index contributed by atoms with van der Waals surface area (Å²) in [4.78, 5) is 12.3. The van der Waals surface area contributed by atoms with Gasteiger partial charge in [0.25, 0.3) is 0 Å². The largest absolute Gasteiger partial charge is 0.481 e. The topological polar surface area (TPSA) is 63.3 Å². The highest BCUT2D eigenvalue weighted by molar-refractivity contribution is 5.75. The lowest BCUT2D eigenvalue weighted by molar-refractivity contribution is -0.235. The van der Waals surface area contributed by atoms with E-state index in [1.54, 1.807) is 0 Å². The maximum atomic E-state index is 12.3. The summed E-state index contributed by atoms with van der Waals surface area (Å²) in [5.74, 6) is 1.80. The first-order valence-electron chi connectivity index (χ1n) is 11.1. The Balaban J connectivity index is 1.79. The van der Waals surface area contributed by atoms with Crippen molar-refractivity contribution in [3.8, 4) is 0 Å². The number of carbonyl (C=O) groups is 1. The third kappa shape index (κ3) is 2.13. The number of carboxylic acids is 1. The van der Waals surface area contributed by atoms with Crippen LogP contribution in [0.15, 0.2) is 0 Å². The molecule has 26 heavy (non-hydrogen) atoms. The van der Waals surface area contributed by atoms with Crippen LogP contribution < -0.4 is 5.73 Å². The summed E-state index contributed by atoms with van der Waals surface area (Å²) in [6.45, 7) is 10.2. The first-order valence-corrected chi connectivity index (χ1v) is 11.1. The zero-order valence-electron chi connectivity index (χ0n) is 17.3. The molecule has 5 aliphatic rings. The fraction of sp³-hybridized carbons (Fsp3) is 0.957. The number of rotatable bonds is 3. The van der Waals surface area contributed by atoms with E-state index in [2.05, 4.69) is 27.7 Å². The molecule has 0 aliphatic heterocycles. The first kappa shape index (κ1) is 18.8. The van der Waals surface area contributed by atoms with E-state index in [1.807, 2.05) is 0 Å². The molecule has 0 heterocycles. The molecule has 7 atom stereocenters. The number of aliphatic carboxylic acids is 1. The summed E-state index contributed by atoms with van der Waals surface area (Å²) < 4.78 is 0. The summed E-state index contributed by atoms with van der Waals surface area (Å²) in [5, 5.41) is 10.1. The van der Waals surface area contributed by atoms with E-state index in [9.17, 15) is 9.90 Å². The van der Waals surface area contributed by atoms with E-state index in [1.165, 1.54) is 38.5 Å². The number of hydrogen-bond donors (Lipinski definition) is 2.